The first-order valence-electron chi connectivity index (χ1n) is 5.56. The van der Waals surface area contributed by atoms with Crippen LogP contribution in [-0.4, -0.2) is 14.8 Å². The summed E-state index contributed by atoms with van der Waals surface area (Å²) >= 11 is 5.15. The Morgan fingerprint density at radius 2 is 2.24 bits per heavy atom. The van der Waals surface area contributed by atoms with Crippen molar-refractivity contribution < 1.29 is 4.39 Å². The van der Waals surface area contributed by atoms with E-state index in [-0.39, 0.29) is 5.82 Å². The van der Waals surface area contributed by atoms with Gasteiger partial charge < -0.3 is 0 Å². The summed E-state index contributed by atoms with van der Waals surface area (Å²) in [6, 6.07) is 4.97. The largest absolute Gasteiger partial charge is 0.269 e. The predicted molar refractivity (Wildman–Crippen MR) is 67.4 cm³/mol. The minimum Gasteiger partial charge on any atom is -0.269 e. The fourth-order valence-electron chi connectivity index (χ4n) is 1.76. The van der Waals surface area contributed by atoms with Crippen molar-refractivity contribution in [1.82, 2.24) is 14.8 Å². The number of aryl methyl sites for hydroxylation is 2. The van der Waals surface area contributed by atoms with E-state index < -0.39 is 0 Å². The van der Waals surface area contributed by atoms with Crippen LogP contribution in [0, 0.1) is 17.5 Å². The van der Waals surface area contributed by atoms with Gasteiger partial charge in [0.1, 0.15) is 11.6 Å². The average Bonchev–Trinajstić information content (AvgIpc) is 2.64. The highest BCUT2D eigenvalue weighted by Gasteiger charge is 2.11. The van der Waals surface area contributed by atoms with Crippen LogP contribution < -0.4 is 0 Å². The maximum absolute atomic E-state index is 13.8. The lowest BCUT2D eigenvalue weighted by Gasteiger charge is -2.08. The molecule has 0 aliphatic carbocycles. The summed E-state index contributed by atoms with van der Waals surface area (Å²) in [6.07, 6.45) is 1.70. The van der Waals surface area contributed by atoms with Gasteiger partial charge in [0.2, 0.25) is 0 Å². The Morgan fingerprint density at radius 1 is 1.47 bits per heavy atom. The number of hydrogen-bond donors (Lipinski definition) is 1. The van der Waals surface area contributed by atoms with Gasteiger partial charge in [-0.3, -0.25) is 9.67 Å². The molecular weight excluding hydrogens is 237 g/mol. The molecule has 90 valence electrons. The zero-order chi connectivity index (χ0) is 12.4. The van der Waals surface area contributed by atoms with Gasteiger partial charge >= 0.3 is 0 Å². The summed E-state index contributed by atoms with van der Waals surface area (Å²) in [5.41, 5.74) is 1.46. The molecule has 1 heterocycles. The topological polar surface area (TPSA) is 33.6 Å². The lowest BCUT2D eigenvalue weighted by Crippen LogP contribution is -2.04. The van der Waals surface area contributed by atoms with E-state index in [2.05, 4.69) is 17.1 Å². The van der Waals surface area contributed by atoms with Crippen LogP contribution in [-0.2, 0) is 6.42 Å². The molecule has 5 heteroatoms. The van der Waals surface area contributed by atoms with E-state index in [0.29, 0.717) is 10.5 Å². The van der Waals surface area contributed by atoms with Gasteiger partial charge in [0.05, 0.1) is 5.69 Å². The second-order valence-corrected chi connectivity index (χ2v) is 4.37. The van der Waals surface area contributed by atoms with E-state index in [1.807, 2.05) is 6.92 Å². The molecular formula is C12H14FN3S. The SMILES string of the molecule is CCCc1n[nH]c(=S)n1-c1cc(C)ccc1F. The van der Waals surface area contributed by atoms with Crippen molar-refractivity contribution in [3.63, 3.8) is 0 Å². The molecule has 0 spiro atoms. The third kappa shape index (κ3) is 2.29. The van der Waals surface area contributed by atoms with Gasteiger partial charge in [-0.05, 0) is 43.3 Å². The zero-order valence-corrected chi connectivity index (χ0v) is 10.6. The number of nitrogens with one attached hydrogen (secondary N) is 1. The minimum atomic E-state index is -0.287. The van der Waals surface area contributed by atoms with Gasteiger partial charge in [-0.2, -0.15) is 5.10 Å². The van der Waals surface area contributed by atoms with E-state index in [9.17, 15) is 4.39 Å². The number of rotatable bonds is 3. The number of H-pyrrole nitrogens is 1. The number of nitrogens with zero attached hydrogens (tertiary/aromatic N) is 2. The molecule has 0 aliphatic rings. The van der Waals surface area contributed by atoms with Gasteiger partial charge in [0, 0.05) is 6.42 Å². The quantitative estimate of drug-likeness (QED) is 0.849. The summed E-state index contributed by atoms with van der Waals surface area (Å²) in [4.78, 5) is 0. The van der Waals surface area contributed by atoms with Crippen LogP contribution >= 0.6 is 12.2 Å². The van der Waals surface area contributed by atoms with Crippen molar-refractivity contribution in [2.45, 2.75) is 26.7 Å². The molecule has 2 aromatic rings. The Balaban J connectivity index is 2.63. The highest BCUT2D eigenvalue weighted by Crippen LogP contribution is 2.17. The molecule has 2 rings (SSSR count). The Morgan fingerprint density at radius 3 is 2.94 bits per heavy atom. The van der Waals surface area contributed by atoms with Crippen molar-refractivity contribution in [2.75, 3.05) is 0 Å². The van der Waals surface area contributed by atoms with Crippen LogP contribution in [0.4, 0.5) is 4.39 Å². The normalized spacial score (nSPS) is 10.8. The molecule has 0 unspecified atom stereocenters. The number of hydrogen-bond acceptors (Lipinski definition) is 2. The smallest absolute Gasteiger partial charge is 0.199 e. The van der Waals surface area contributed by atoms with E-state index in [1.54, 1.807) is 16.7 Å². The molecule has 3 nitrogen and oxygen atoms in total. The number of halogens is 1. The molecule has 1 N–H and O–H groups in total. The maximum Gasteiger partial charge on any atom is 0.199 e. The molecule has 1 aromatic carbocycles. The molecule has 0 saturated heterocycles. The monoisotopic (exact) mass is 251 g/mol. The zero-order valence-electron chi connectivity index (χ0n) is 9.83. The van der Waals surface area contributed by atoms with E-state index in [0.717, 1.165) is 24.2 Å². The lowest BCUT2D eigenvalue weighted by molar-refractivity contribution is 0.613. The number of aromatic nitrogens is 3. The van der Waals surface area contributed by atoms with Crippen molar-refractivity contribution in [3.05, 3.63) is 40.2 Å². The van der Waals surface area contributed by atoms with Crippen LogP contribution in [0.3, 0.4) is 0 Å². The molecule has 0 aliphatic heterocycles. The first-order chi connectivity index (χ1) is 8.13. The van der Waals surface area contributed by atoms with Crippen molar-refractivity contribution in [2.24, 2.45) is 0 Å². The third-order valence-corrected chi connectivity index (χ3v) is 2.83. The molecule has 0 bridgehead atoms. The van der Waals surface area contributed by atoms with E-state index in [4.69, 9.17) is 12.2 Å². The third-order valence-electron chi connectivity index (χ3n) is 2.56. The molecule has 0 radical (unpaired) electrons. The number of benzene rings is 1. The predicted octanol–water partition coefficient (Wildman–Crippen LogP) is 3.33. The molecule has 0 fully saturated rings. The van der Waals surface area contributed by atoms with Gasteiger partial charge in [-0.1, -0.05) is 13.0 Å². The second kappa shape index (κ2) is 4.79. The Hall–Kier alpha value is -1.49. The summed E-state index contributed by atoms with van der Waals surface area (Å²) in [7, 11) is 0. The average molecular weight is 251 g/mol. The Labute approximate surface area is 104 Å². The molecule has 0 saturated carbocycles. The first kappa shape index (κ1) is 12.0. The van der Waals surface area contributed by atoms with Crippen molar-refractivity contribution in [1.29, 1.82) is 0 Å². The lowest BCUT2D eigenvalue weighted by atomic mass is 10.2. The van der Waals surface area contributed by atoms with Crippen LogP contribution in [0.2, 0.25) is 0 Å². The highest BCUT2D eigenvalue weighted by molar-refractivity contribution is 7.71. The van der Waals surface area contributed by atoms with Crippen LogP contribution in [0.1, 0.15) is 24.7 Å². The van der Waals surface area contributed by atoms with Gasteiger partial charge in [-0.15, -0.1) is 0 Å². The molecule has 17 heavy (non-hydrogen) atoms. The van der Waals surface area contributed by atoms with Gasteiger partial charge in [0.25, 0.3) is 0 Å². The second-order valence-electron chi connectivity index (χ2n) is 3.99. The van der Waals surface area contributed by atoms with Gasteiger partial charge in [0.15, 0.2) is 4.77 Å². The van der Waals surface area contributed by atoms with E-state index in [1.165, 1.54) is 6.07 Å². The summed E-state index contributed by atoms with van der Waals surface area (Å²) in [5, 5.41) is 6.85. The fraction of sp³-hybridized carbons (Fsp3) is 0.333. The van der Waals surface area contributed by atoms with Crippen LogP contribution in [0.5, 0.6) is 0 Å². The summed E-state index contributed by atoms with van der Waals surface area (Å²) < 4.78 is 15.9. The molecule has 1 aromatic heterocycles. The first-order valence-corrected chi connectivity index (χ1v) is 5.97. The van der Waals surface area contributed by atoms with Gasteiger partial charge in [-0.25, -0.2) is 4.39 Å². The maximum atomic E-state index is 13.8. The summed E-state index contributed by atoms with van der Waals surface area (Å²) in [5.74, 6) is 0.479. The highest BCUT2D eigenvalue weighted by atomic mass is 32.1. The minimum absolute atomic E-state index is 0.287. The Bertz CT molecular complexity index is 586. The number of aromatic amines is 1. The molecule has 0 atom stereocenters. The van der Waals surface area contributed by atoms with Crippen LogP contribution in [0.15, 0.2) is 18.2 Å². The fourth-order valence-corrected chi connectivity index (χ4v) is 2.01. The van der Waals surface area contributed by atoms with Crippen molar-refractivity contribution in [3.8, 4) is 5.69 Å². The van der Waals surface area contributed by atoms with Crippen LogP contribution in [0.25, 0.3) is 5.69 Å². The summed E-state index contributed by atoms with van der Waals surface area (Å²) in [6.45, 7) is 3.97. The Kier molecular flexibility index (Phi) is 3.38. The standard InChI is InChI=1S/C12H14FN3S/c1-3-4-11-14-15-12(17)16(11)10-7-8(2)5-6-9(10)13/h5-7H,3-4H2,1-2H3,(H,15,17). The van der Waals surface area contributed by atoms with E-state index >= 15 is 0 Å². The molecule has 0 amide bonds. The van der Waals surface area contributed by atoms with Crippen molar-refractivity contribution >= 4 is 12.2 Å².